The van der Waals surface area contributed by atoms with Crippen LogP contribution in [0.3, 0.4) is 0 Å². The van der Waals surface area contributed by atoms with E-state index in [0.29, 0.717) is 12.1 Å². The lowest BCUT2D eigenvalue weighted by atomic mass is 9.82. The lowest BCUT2D eigenvalue weighted by molar-refractivity contribution is -0.0180. The van der Waals surface area contributed by atoms with E-state index in [-0.39, 0.29) is 0 Å². The quantitative estimate of drug-likeness (QED) is 0.720. The monoisotopic (exact) mass is 227 g/mol. The Hall–Kier alpha value is -0.0800. The molecule has 2 nitrogen and oxygen atoms in total. The standard InChI is InChI=1S/C14H29NO/c1-4-13(15-5-2)14(16-6-3)12-10-8-7-9-11-12/h12-15H,4-11H2,1-3H3. The van der Waals surface area contributed by atoms with Crippen LogP contribution in [0.5, 0.6) is 0 Å². The number of ether oxygens (including phenoxy) is 1. The number of hydrogen-bond donors (Lipinski definition) is 1. The highest BCUT2D eigenvalue weighted by atomic mass is 16.5. The summed E-state index contributed by atoms with van der Waals surface area (Å²) in [4.78, 5) is 0. The Balaban J connectivity index is 2.54. The van der Waals surface area contributed by atoms with E-state index in [9.17, 15) is 0 Å². The Labute approximate surface area is 101 Å². The molecule has 2 heteroatoms. The molecule has 2 unspecified atom stereocenters. The second-order valence-electron chi connectivity index (χ2n) is 4.89. The zero-order valence-electron chi connectivity index (χ0n) is 11.3. The van der Waals surface area contributed by atoms with Crippen molar-refractivity contribution in [3.8, 4) is 0 Å². The van der Waals surface area contributed by atoms with E-state index in [1.807, 2.05) is 0 Å². The molecule has 1 saturated carbocycles. The summed E-state index contributed by atoms with van der Waals surface area (Å²) in [7, 11) is 0. The Kier molecular flexibility index (Phi) is 7.06. The van der Waals surface area contributed by atoms with E-state index in [0.717, 1.165) is 19.1 Å². The van der Waals surface area contributed by atoms with Gasteiger partial charge in [-0.3, -0.25) is 0 Å². The smallest absolute Gasteiger partial charge is 0.0755 e. The molecule has 1 N–H and O–H groups in total. The Bertz CT molecular complexity index is 161. The van der Waals surface area contributed by atoms with Gasteiger partial charge in [-0.05, 0) is 38.6 Å². The molecule has 0 amide bonds. The van der Waals surface area contributed by atoms with E-state index in [2.05, 4.69) is 26.1 Å². The summed E-state index contributed by atoms with van der Waals surface area (Å²) in [5.41, 5.74) is 0. The van der Waals surface area contributed by atoms with Crippen molar-refractivity contribution in [2.75, 3.05) is 13.2 Å². The van der Waals surface area contributed by atoms with Gasteiger partial charge < -0.3 is 10.1 Å². The van der Waals surface area contributed by atoms with Crippen molar-refractivity contribution in [1.82, 2.24) is 5.32 Å². The van der Waals surface area contributed by atoms with Crippen LogP contribution in [0.2, 0.25) is 0 Å². The highest BCUT2D eigenvalue weighted by Crippen LogP contribution is 2.30. The molecule has 1 rings (SSSR count). The minimum absolute atomic E-state index is 0.440. The summed E-state index contributed by atoms with van der Waals surface area (Å²) in [6, 6.07) is 0.549. The SMILES string of the molecule is CCNC(CC)C(OCC)C1CCCCC1. The lowest BCUT2D eigenvalue weighted by Gasteiger charge is -2.35. The van der Waals surface area contributed by atoms with Crippen LogP contribution in [0.25, 0.3) is 0 Å². The van der Waals surface area contributed by atoms with E-state index < -0.39 is 0 Å². The third-order valence-corrected chi connectivity index (χ3v) is 3.78. The molecule has 1 fully saturated rings. The van der Waals surface area contributed by atoms with Crippen molar-refractivity contribution in [3.05, 3.63) is 0 Å². The molecule has 0 spiro atoms. The summed E-state index contributed by atoms with van der Waals surface area (Å²) >= 11 is 0. The molecule has 2 atom stereocenters. The molecule has 0 aliphatic heterocycles. The van der Waals surface area contributed by atoms with Crippen molar-refractivity contribution in [2.45, 2.75) is 71.4 Å². The van der Waals surface area contributed by atoms with Crippen molar-refractivity contribution in [2.24, 2.45) is 5.92 Å². The van der Waals surface area contributed by atoms with Crippen LogP contribution in [0.15, 0.2) is 0 Å². The number of likely N-dealkylation sites (N-methyl/N-ethyl adjacent to an activating group) is 1. The molecule has 0 aromatic heterocycles. The summed E-state index contributed by atoms with van der Waals surface area (Å²) in [6.45, 7) is 8.47. The average molecular weight is 227 g/mol. The largest absolute Gasteiger partial charge is 0.377 e. The third-order valence-electron chi connectivity index (χ3n) is 3.78. The summed E-state index contributed by atoms with van der Waals surface area (Å²) in [5, 5.41) is 3.59. The van der Waals surface area contributed by atoms with Gasteiger partial charge in [0.15, 0.2) is 0 Å². The van der Waals surface area contributed by atoms with Crippen LogP contribution >= 0.6 is 0 Å². The number of nitrogens with one attached hydrogen (secondary N) is 1. The van der Waals surface area contributed by atoms with E-state index in [4.69, 9.17) is 4.74 Å². The molecule has 16 heavy (non-hydrogen) atoms. The molecule has 0 aromatic carbocycles. The van der Waals surface area contributed by atoms with E-state index in [1.54, 1.807) is 0 Å². The first kappa shape index (κ1) is 14.0. The Morgan fingerprint density at radius 2 is 1.81 bits per heavy atom. The molecule has 96 valence electrons. The molecule has 0 heterocycles. The second kappa shape index (κ2) is 8.08. The summed E-state index contributed by atoms with van der Waals surface area (Å²) in [5.74, 6) is 0.790. The molecular weight excluding hydrogens is 198 g/mol. The maximum absolute atomic E-state index is 6.02. The van der Waals surface area contributed by atoms with Crippen LogP contribution in [0, 0.1) is 5.92 Å². The van der Waals surface area contributed by atoms with Crippen molar-refractivity contribution in [1.29, 1.82) is 0 Å². The predicted molar refractivity (Wildman–Crippen MR) is 69.7 cm³/mol. The zero-order chi connectivity index (χ0) is 11.8. The summed E-state index contributed by atoms with van der Waals surface area (Å²) < 4.78 is 6.02. The van der Waals surface area contributed by atoms with Crippen molar-refractivity contribution < 1.29 is 4.74 Å². The van der Waals surface area contributed by atoms with Gasteiger partial charge in [-0.25, -0.2) is 0 Å². The van der Waals surface area contributed by atoms with Gasteiger partial charge in [0.2, 0.25) is 0 Å². The molecule has 0 aromatic rings. The fourth-order valence-corrected chi connectivity index (χ4v) is 2.99. The first-order chi connectivity index (χ1) is 7.83. The van der Waals surface area contributed by atoms with Crippen molar-refractivity contribution >= 4 is 0 Å². The van der Waals surface area contributed by atoms with Gasteiger partial charge in [0, 0.05) is 12.6 Å². The highest BCUT2D eigenvalue weighted by molar-refractivity contribution is 4.84. The molecule has 0 bridgehead atoms. The normalized spacial score (nSPS) is 21.9. The van der Waals surface area contributed by atoms with E-state index >= 15 is 0 Å². The van der Waals surface area contributed by atoms with Crippen LogP contribution in [0.4, 0.5) is 0 Å². The minimum Gasteiger partial charge on any atom is -0.377 e. The van der Waals surface area contributed by atoms with Crippen molar-refractivity contribution in [3.63, 3.8) is 0 Å². The first-order valence-electron chi connectivity index (χ1n) is 7.18. The lowest BCUT2D eigenvalue weighted by Crippen LogP contribution is -2.45. The fourth-order valence-electron chi connectivity index (χ4n) is 2.99. The predicted octanol–water partition coefficient (Wildman–Crippen LogP) is 3.36. The van der Waals surface area contributed by atoms with Crippen LogP contribution in [-0.2, 0) is 4.74 Å². The van der Waals surface area contributed by atoms with Gasteiger partial charge >= 0.3 is 0 Å². The topological polar surface area (TPSA) is 21.3 Å². The molecular formula is C14H29NO. The van der Waals surface area contributed by atoms with Gasteiger partial charge in [-0.1, -0.05) is 33.1 Å². The fraction of sp³-hybridized carbons (Fsp3) is 1.00. The molecule has 0 radical (unpaired) electrons. The third kappa shape index (κ3) is 4.06. The van der Waals surface area contributed by atoms with Gasteiger partial charge in [0.1, 0.15) is 0 Å². The minimum atomic E-state index is 0.440. The van der Waals surface area contributed by atoms with E-state index in [1.165, 1.54) is 38.5 Å². The highest BCUT2D eigenvalue weighted by Gasteiger charge is 2.29. The number of hydrogen-bond acceptors (Lipinski definition) is 2. The van der Waals surface area contributed by atoms with Crippen LogP contribution < -0.4 is 5.32 Å². The number of rotatable bonds is 7. The van der Waals surface area contributed by atoms with Crippen LogP contribution in [-0.4, -0.2) is 25.3 Å². The van der Waals surface area contributed by atoms with Gasteiger partial charge in [0.25, 0.3) is 0 Å². The molecule has 1 aliphatic rings. The Morgan fingerprint density at radius 1 is 1.12 bits per heavy atom. The maximum Gasteiger partial charge on any atom is 0.0755 e. The zero-order valence-corrected chi connectivity index (χ0v) is 11.3. The molecule has 1 aliphatic carbocycles. The average Bonchev–Trinajstić information content (AvgIpc) is 2.35. The second-order valence-corrected chi connectivity index (χ2v) is 4.89. The molecule has 0 saturated heterocycles. The maximum atomic E-state index is 6.02. The van der Waals surface area contributed by atoms with Gasteiger partial charge in [-0.15, -0.1) is 0 Å². The van der Waals surface area contributed by atoms with Gasteiger partial charge in [0.05, 0.1) is 6.10 Å². The van der Waals surface area contributed by atoms with Gasteiger partial charge in [-0.2, -0.15) is 0 Å². The van der Waals surface area contributed by atoms with Crippen LogP contribution in [0.1, 0.15) is 59.3 Å². The Morgan fingerprint density at radius 3 is 2.31 bits per heavy atom. The first-order valence-corrected chi connectivity index (χ1v) is 7.18. The summed E-state index contributed by atoms with van der Waals surface area (Å²) in [6.07, 6.45) is 8.57.